The molecule has 2 saturated carbocycles. The van der Waals surface area contributed by atoms with E-state index in [1.807, 2.05) is 6.92 Å². The molecule has 0 heterocycles. The van der Waals surface area contributed by atoms with Crippen molar-refractivity contribution in [3.63, 3.8) is 0 Å². The Morgan fingerprint density at radius 1 is 1.18 bits per heavy atom. The van der Waals surface area contributed by atoms with Gasteiger partial charge in [-0.05, 0) is 49.7 Å². The summed E-state index contributed by atoms with van der Waals surface area (Å²) in [6, 6.07) is 6.82. The number of aryl methyl sites for hydroxylation is 1. The average molecular weight is 320 g/mol. The van der Waals surface area contributed by atoms with Crippen LogP contribution in [-0.2, 0) is 10.0 Å². The zero-order valence-electron chi connectivity index (χ0n) is 13.7. The Balaban J connectivity index is 1.85. The third kappa shape index (κ3) is 2.18. The molecule has 3 rings (SSSR count). The molecule has 1 N–H and O–H groups in total. The Hall–Kier alpha value is -1.36. The highest BCUT2D eigenvalue weighted by molar-refractivity contribution is 7.89. The van der Waals surface area contributed by atoms with E-state index < -0.39 is 10.0 Å². The SMILES string of the molecule is Cc1ccc(S(=O)(=O)N/N=C2/CC3CCC2(C)C3(C)C)cc1. The summed E-state index contributed by atoms with van der Waals surface area (Å²) >= 11 is 0. The van der Waals surface area contributed by atoms with Crippen LogP contribution < -0.4 is 4.83 Å². The second-order valence-electron chi connectivity index (χ2n) is 7.46. The molecular formula is C17H24N2O2S. The van der Waals surface area contributed by atoms with E-state index in [0.717, 1.165) is 24.1 Å². The van der Waals surface area contributed by atoms with Gasteiger partial charge < -0.3 is 0 Å². The summed E-state index contributed by atoms with van der Waals surface area (Å²) in [7, 11) is -3.58. The smallest absolute Gasteiger partial charge is 0.200 e. The molecule has 0 saturated heterocycles. The first-order chi connectivity index (χ1) is 10.2. The molecule has 2 fully saturated rings. The lowest BCUT2D eigenvalue weighted by atomic mass is 9.70. The van der Waals surface area contributed by atoms with E-state index in [0.29, 0.717) is 5.92 Å². The van der Waals surface area contributed by atoms with Gasteiger partial charge in [0.1, 0.15) is 0 Å². The summed E-state index contributed by atoms with van der Waals surface area (Å²) in [6.45, 7) is 8.71. The van der Waals surface area contributed by atoms with E-state index in [1.165, 1.54) is 6.42 Å². The Labute approximate surface area is 133 Å². The molecule has 0 aliphatic heterocycles. The molecule has 2 bridgehead atoms. The minimum atomic E-state index is -3.58. The van der Waals surface area contributed by atoms with Gasteiger partial charge >= 0.3 is 0 Å². The second kappa shape index (κ2) is 4.82. The molecule has 1 aromatic carbocycles. The quantitative estimate of drug-likeness (QED) is 0.867. The average Bonchev–Trinajstić information content (AvgIpc) is 2.78. The first kappa shape index (κ1) is 15.5. The fourth-order valence-electron chi connectivity index (χ4n) is 3.98. The van der Waals surface area contributed by atoms with Gasteiger partial charge in [0.2, 0.25) is 0 Å². The normalized spacial score (nSPS) is 31.6. The molecule has 0 radical (unpaired) electrons. The van der Waals surface area contributed by atoms with Gasteiger partial charge in [0.25, 0.3) is 10.0 Å². The van der Waals surface area contributed by atoms with Crippen LogP contribution in [0.5, 0.6) is 0 Å². The number of fused-ring (bicyclic) bond motifs is 2. The minimum Gasteiger partial charge on any atom is -0.200 e. The van der Waals surface area contributed by atoms with Crippen LogP contribution in [-0.4, -0.2) is 14.1 Å². The van der Waals surface area contributed by atoms with Gasteiger partial charge in [0, 0.05) is 11.1 Å². The van der Waals surface area contributed by atoms with Gasteiger partial charge in [0.05, 0.1) is 4.90 Å². The summed E-state index contributed by atoms with van der Waals surface area (Å²) in [4.78, 5) is 2.70. The Bertz CT molecular complexity index is 720. The monoisotopic (exact) mass is 320 g/mol. The van der Waals surface area contributed by atoms with Crippen molar-refractivity contribution in [3.8, 4) is 0 Å². The van der Waals surface area contributed by atoms with Crippen LogP contribution in [0, 0.1) is 23.7 Å². The predicted molar refractivity (Wildman–Crippen MR) is 88.2 cm³/mol. The fraction of sp³-hybridized carbons (Fsp3) is 0.588. The van der Waals surface area contributed by atoms with Crippen LogP contribution in [0.3, 0.4) is 0 Å². The number of nitrogens with zero attached hydrogens (tertiary/aromatic N) is 1. The van der Waals surface area contributed by atoms with E-state index in [1.54, 1.807) is 24.3 Å². The van der Waals surface area contributed by atoms with E-state index in [-0.39, 0.29) is 15.7 Å². The van der Waals surface area contributed by atoms with Gasteiger partial charge in [-0.15, -0.1) is 0 Å². The Morgan fingerprint density at radius 3 is 2.32 bits per heavy atom. The molecule has 4 nitrogen and oxygen atoms in total. The summed E-state index contributed by atoms with van der Waals surface area (Å²) in [6.07, 6.45) is 3.21. The molecule has 2 atom stereocenters. The summed E-state index contributed by atoms with van der Waals surface area (Å²) in [5.74, 6) is 0.611. The summed E-state index contributed by atoms with van der Waals surface area (Å²) in [5.41, 5.74) is 2.24. The first-order valence-electron chi connectivity index (χ1n) is 7.82. The maximum atomic E-state index is 12.4. The fourth-order valence-corrected chi connectivity index (χ4v) is 4.81. The number of rotatable bonds is 3. The first-order valence-corrected chi connectivity index (χ1v) is 9.31. The highest BCUT2D eigenvalue weighted by atomic mass is 32.2. The molecule has 2 aliphatic rings. The van der Waals surface area contributed by atoms with Crippen LogP contribution in [0.1, 0.15) is 45.6 Å². The Morgan fingerprint density at radius 2 is 1.82 bits per heavy atom. The van der Waals surface area contributed by atoms with Crippen molar-refractivity contribution in [3.05, 3.63) is 29.8 Å². The van der Waals surface area contributed by atoms with E-state index in [2.05, 4.69) is 30.7 Å². The lowest BCUT2D eigenvalue weighted by molar-refractivity contribution is 0.193. The van der Waals surface area contributed by atoms with Crippen molar-refractivity contribution in [2.24, 2.45) is 21.8 Å². The minimum absolute atomic E-state index is 0.00740. The molecule has 0 amide bonds. The molecular weight excluding hydrogens is 296 g/mol. The lowest BCUT2D eigenvalue weighted by Gasteiger charge is -2.34. The van der Waals surface area contributed by atoms with E-state index in [9.17, 15) is 8.42 Å². The van der Waals surface area contributed by atoms with Crippen LogP contribution in [0.2, 0.25) is 0 Å². The van der Waals surface area contributed by atoms with Crippen molar-refractivity contribution < 1.29 is 8.42 Å². The van der Waals surface area contributed by atoms with Crippen LogP contribution in [0.25, 0.3) is 0 Å². The third-order valence-corrected chi connectivity index (χ3v) is 7.37. The number of hydrogen-bond donors (Lipinski definition) is 1. The standard InChI is InChI=1S/C17H24N2O2S/c1-12-5-7-14(8-6-12)22(20,21)19-18-15-11-13-9-10-17(15,4)16(13,2)3/h5-8,13,19H,9-11H2,1-4H3/b18-15-. The highest BCUT2D eigenvalue weighted by Gasteiger charge is 2.60. The number of hydrogen-bond acceptors (Lipinski definition) is 3. The van der Waals surface area contributed by atoms with Crippen molar-refractivity contribution in [1.29, 1.82) is 0 Å². The highest BCUT2D eigenvalue weighted by Crippen LogP contribution is 2.63. The van der Waals surface area contributed by atoms with Gasteiger partial charge in [-0.2, -0.15) is 13.5 Å². The molecule has 2 aliphatic carbocycles. The Kier molecular flexibility index (Phi) is 3.40. The van der Waals surface area contributed by atoms with Gasteiger partial charge in [-0.3, -0.25) is 0 Å². The molecule has 0 spiro atoms. The molecule has 22 heavy (non-hydrogen) atoms. The lowest BCUT2D eigenvalue weighted by Crippen LogP contribution is -2.34. The third-order valence-electron chi connectivity index (χ3n) is 6.14. The maximum absolute atomic E-state index is 12.4. The zero-order chi connectivity index (χ0) is 16.2. The number of sulfonamides is 1. The predicted octanol–water partition coefficient (Wildman–Crippen LogP) is 3.48. The van der Waals surface area contributed by atoms with Crippen LogP contribution in [0.15, 0.2) is 34.3 Å². The zero-order valence-corrected chi connectivity index (χ0v) is 14.5. The van der Waals surface area contributed by atoms with Gasteiger partial charge in [-0.1, -0.05) is 38.5 Å². The topological polar surface area (TPSA) is 58.5 Å². The molecule has 1 aromatic rings. The molecule has 2 unspecified atom stereocenters. The summed E-state index contributed by atoms with van der Waals surface area (Å²) in [5, 5.41) is 4.32. The largest absolute Gasteiger partial charge is 0.276 e. The van der Waals surface area contributed by atoms with Gasteiger partial charge in [0.15, 0.2) is 0 Å². The summed E-state index contributed by atoms with van der Waals surface area (Å²) < 4.78 is 24.7. The molecule has 0 aromatic heterocycles. The molecule has 120 valence electrons. The van der Waals surface area contributed by atoms with Crippen molar-refractivity contribution in [1.82, 2.24) is 4.83 Å². The number of hydrazone groups is 1. The number of nitrogens with one attached hydrogen (secondary N) is 1. The van der Waals surface area contributed by atoms with Crippen molar-refractivity contribution >= 4 is 15.7 Å². The van der Waals surface area contributed by atoms with Crippen LogP contribution >= 0.6 is 0 Å². The van der Waals surface area contributed by atoms with Crippen molar-refractivity contribution in [2.45, 2.75) is 51.9 Å². The maximum Gasteiger partial charge on any atom is 0.276 e. The van der Waals surface area contributed by atoms with E-state index >= 15 is 0 Å². The van der Waals surface area contributed by atoms with Crippen LogP contribution in [0.4, 0.5) is 0 Å². The molecule has 5 heteroatoms. The second-order valence-corrected chi connectivity index (χ2v) is 9.12. The number of benzene rings is 1. The van der Waals surface area contributed by atoms with Gasteiger partial charge in [-0.25, -0.2) is 4.83 Å². The van der Waals surface area contributed by atoms with Crippen molar-refractivity contribution in [2.75, 3.05) is 0 Å². The van der Waals surface area contributed by atoms with E-state index in [4.69, 9.17) is 0 Å².